The molecule has 0 aromatic heterocycles. The Labute approximate surface area is 232 Å². The third-order valence-corrected chi connectivity index (χ3v) is 11.8. The maximum absolute atomic E-state index is 12.6. The van der Waals surface area contributed by atoms with Crippen molar-refractivity contribution in [3.05, 3.63) is 53.6 Å². The predicted octanol–water partition coefficient (Wildman–Crippen LogP) is 9.65. The average Bonchev–Trinajstić information content (AvgIpc) is 3.25. The Bertz CT molecular complexity index is 1020. The lowest BCUT2D eigenvalue weighted by Gasteiger charge is -2.58. The van der Waals surface area contributed by atoms with Gasteiger partial charge in [-0.1, -0.05) is 95.9 Å². The molecule has 0 bridgehead atoms. The molecule has 208 valence electrons. The number of carbonyl (C=O) groups is 1. The maximum atomic E-state index is 12.6. The summed E-state index contributed by atoms with van der Waals surface area (Å²) in [5, 5.41) is 0. The van der Waals surface area contributed by atoms with E-state index in [1.165, 1.54) is 57.8 Å². The van der Waals surface area contributed by atoms with Gasteiger partial charge in [-0.25, -0.2) is 4.79 Å². The van der Waals surface area contributed by atoms with Crippen LogP contribution in [0.1, 0.15) is 111 Å². The molecule has 0 saturated heterocycles. The summed E-state index contributed by atoms with van der Waals surface area (Å²) >= 11 is 0. The molecule has 5 unspecified atom stereocenters. The average molecular weight is 517 g/mol. The van der Waals surface area contributed by atoms with Crippen molar-refractivity contribution in [1.29, 1.82) is 0 Å². The first-order valence-electron chi connectivity index (χ1n) is 15.8. The monoisotopic (exact) mass is 516 g/mol. The predicted molar refractivity (Wildman–Crippen MR) is 158 cm³/mol. The van der Waals surface area contributed by atoms with Crippen LogP contribution in [0.2, 0.25) is 0 Å². The number of allylic oxidation sites excluding steroid dienone is 1. The lowest BCUT2D eigenvalue weighted by Crippen LogP contribution is -2.51. The van der Waals surface area contributed by atoms with Gasteiger partial charge >= 0.3 is 5.97 Å². The van der Waals surface area contributed by atoms with Crippen molar-refractivity contribution in [2.75, 3.05) is 0 Å². The zero-order valence-corrected chi connectivity index (χ0v) is 24.8. The van der Waals surface area contributed by atoms with Gasteiger partial charge in [-0.05, 0) is 103 Å². The number of hydrogen-bond donors (Lipinski definition) is 0. The SMILES string of the molecule is CC(C)CCCC(C)C1CCC2C3CC=C4C[C@@H](OC(=O)/C=C/c5ccccc5)CC[C@]4(C)C3CC[C@]12C. The van der Waals surface area contributed by atoms with Crippen LogP contribution in [0.15, 0.2) is 48.1 Å². The first-order valence-corrected chi connectivity index (χ1v) is 15.8. The van der Waals surface area contributed by atoms with Crippen molar-refractivity contribution < 1.29 is 9.53 Å². The molecular weight excluding hydrogens is 464 g/mol. The van der Waals surface area contributed by atoms with Crippen LogP contribution in [0, 0.1) is 46.3 Å². The van der Waals surface area contributed by atoms with E-state index < -0.39 is 0 Å². The van der Waals surface area contributed by atoms with Gasteiger partial charge in [0.15, 0.2) is 0 Å². The van der Waals surface area contributed by atoms with Gasteiger partial charge in [-0.15, -0.1) is 0 Å². The van der Waals surface area contributed by atoms with Gasteiger partial charge in [0.05, 0.1) is 0 Å². The summed E-state index contributed by atoms with van der Waals surface area (Å²) in [7, 11) is 0. The number of esters is 1. The quantitative estimate of drug-likeness (QED) is 0.195. The van der Waals surface area contributed by atoms with Crippen LogP contribution in [0.4, 0.5) is 0 Å². The fourth-order valence-corrected chi connectivity index (χ4v) is 9.68. The van der Waals surface area contributed by atoms with E-state index in [4.69, 9.17) is 4.74 Å². The van der Waals surface area contributed by atoms with Crippen molar-refractivity contribution in [2.24, 2.45) is 46.3 Å². The number of ether oxygens (including phenoxy) is 1. The van der Waals surface area contributed by atoms with Gasteiger partial charge in [-0.3, -0.25) is 0 Å². The Morgan fingerprint density at radius 2 is 1.79 bits per heavy atom. The van der Waals surface area contributed by atoms with Crippen LogP contribution >= 0.6 is 0 Å². The zero-order valence-electron chi connectivity index (χ0n) is 24.8. The van der Waals surface area contributed by atoms with Crippen LogP contribution in [-0.2, 0) is 9.53 Å². The standard InChI is InChI=1S/C36H52O2/c1-25(2)10-9-11-26(3)31-17-18-32-30-16-15-28-24-29(38-34(37)19-14-27-12-7-6-8-13-27)20-22-35(28,4)33(30)21-23-36(31,32)5/h6-8,12-15,19,25-26,29-33H,9-11,16-18,20-24H2,1-5H3/b19-14+/t26?,29-,30?,31?,32?,33?,35-,36+/m0/s1. The topological polar surface area (TPSA) is 26.3 Å². The van der Waals surface area contributed by atoms with Crippen molar-refractivity contribution in [3.8, 4) is 0 Å². The summed E-state index contributed by atoms with van der Waals surface area (Å²) in [5.74, 6) is 4.97. The Hall–Kier alpha value is -1.83. The molecular formula is C36H52O2. The summed E-state index contributed by atoms with van der Waals surface area (Å²) in [4.78, 5) is 12.6. The number of rotatable bonds is 8. The smallest absolute Gasteiger partial charge is 0.331 e. The molecule has 3 fully saturated rings. The van der Waals surface area contributed by atoms with Gasteiger partial charge in [-0.2, -0.15) is 0 Å². The minimum absolute atomic E-state index is 0.0233. The van der Waals surface area contributed by atoms with Crippen molar-refractivity contribution in [3.63, 3.8) is 0 Å². The number of carbonyl (C=O) groups excluding carboxylic acids is 1. The molecule has 0 heterocycles. The first-order chi connectivity index (χ1) is 18.2. The highest BCUT2D eigenvalue weighted by Crippen LogP contribution is 2.67. The van der Waals surface area contributed by atoms with E-state index in [-0.39, 0.29) is 12.1 Å². The van der Waals surface area contributed by atoms with E-state index in [1.807, 2.05) is 36.4 Å². The summed E-state index contributed by atoms with van der Waals surface area (Å²) in [6, 6.07) is 9.99. The third kappa shape index (κ3) is 5.44. The molecule has 0 amide bonds. The summed E-state index contributed by atoms with van der Waals surface area (Å²) in [6.07, 6.45) is 20.3. The molecule has 4 aliphatic rings. The van der Waals surface area contributed by atoms with E-state index in [2.05, 4.69) is 40.7 Å². The van der Waals surface area contributed by atoms with Crippen molar-refractivity contribution in [2.45, 2.75) is 111 Å². The second-order valence-corrected chi connectivity index (χ2v) is 14.3. The normalized spacial score (nSPS) is 37.3. The largest absolute Gasteiger partial charge is 0.459 e. The molecule has 0 aliphatic heterocycles. The summed E-state index contributed by atoms with van der Waals surface area (Å²) in [5.41, 5.74) is 3.46. The fourth-order valence-electron chi connectivity index (χ4n) is 9.68. The molecule has 1 aromatic carbocycles. The van der Waals surface area contributed by atoms with Crippen molar-refractivity contribution in [1.82, 2.24) is 0 Å². The van der Waals surface area contributed by atoms with E-state index >= 15 is 0 Å². The highest BCUT2D eigenvalue weighted by molar-refractivity contribution is 5.87. The van der Waals surface area contributed by atoms with Crippen LogP contribution in [0.3, 0.4) is 0 Å². The number of hydrogen-bond acceptors (Lipinski definition) is 2. The third-order valence-electron chi connectivity index (χ3n) is 11.8. The van der Waals surface area contributed by atoms with Crippen LogP contribution in [0.25, 0.3) is 6.08 Å². The second kappa shape index (κ2) is 11.3. The highest BCUT2D eigenvalue weighted by Gasteiger charge is 2.59. The molecule has 2 heteroatoms. The van der Waals surface area contributed by atoms with Crippen LogP contribution < -0.4 is 0 Å². The Kier molecular flexibility index (Phi) is 8.28. The lowest BCUT2D eigenvalue weighted by molar-refractivity contribution is -0.145. The van der Waals surface area contributed by atoms with Gasteiger partial charge in [0, 0.05) is 12.5 Å². The fraction of sp³-hybridized carbons (Fsp3) is 0.694. The van der Waals surface area contributed by atoms with E-state index in [0.29, 0.717) is 10.8 Å². The molecule has 3 saturated carbocycles. The van der Waals surface area contributed by atoms with Crippen LogP contribution in [0.5, 0.6) is 0 Å². The van der Waals surface area contributed by atoms with E-state index in [9.17, 15) is 4.79 Å². The molecule has 4 aliphatic carbocycles. The van der Waals surface area contributed by atoms with E-state index in [0.717, 1.165) is 53.9 Å². The Morgan fingerprint density at radius 3 is 2.55 bits per heavy atom. The zero-order chi connectivity index (χ0) is 26.9. The lowest BCUT2D eigenvalue weighted by atomic mass is 9.47. The molecule has 1 aromatic rings. The summed E-state index contributed by atoms with van der Waals surface area (Å²) < 4.78 is 5.95. The summed E-state index contributed by atoms with van der Waals surface area (Å²) in [6.45, 7) is 12.6. The van der Waals surface area contributed by atoms with E-state index in [1.54, 1.807) is 11.6 Å². The first kappa shape index (κ1) is 27.7. The Balaban J connectivity index is 1.22. The van der Waals surface area contributed by atoms with Crippen molar-refractivity contribution >= 4 is 12.0 Å². The van der Waals surface area contributed by atoms with Gasteiger partial charge in [0.25, 0.3) is 0 Å². The molecule has 38 heavy (non-hydrogen) atoms. The molecule has 8 atom stereocenters. The number of fused-ring (bicyclic) bond motifs is 5. The van der Waals surface area contributed by atoms with Gasteiger partial charge in [0.2, 0.25) is 0 Å². The van der Waals surface area contributed by atoms with Gasteiger partial charge in [0.1, 0.15) is 6.10 Å². The molecule has 2 nitrogen and oxygen atoms in total. The molecule has 0 radical (unpaired) electrons. The molecule has 0 N–H and O–H groups in total. The van der Waals surface area contributed by atoms with Crippen LogP contribution in [-0.4, -0.2) is 12.1 Å². The highest BCUT2D eigenvalue weighted by atomic mass is 16.5. The second-order valence-electron chi connectivity index (χ2n) is 14.3. The maximum Gasteiger partial charge on any atom is 0.331 e. The molecule has 0 spiro atoms. The molecule has 5 rings (SSSR count). The minimum atomic E-state index is -0.204. The minimum Gasteiger partial charge on any atom is -0.459 e. The number of benzene rings is 1. The van der Waals surface area contributed by atoms with Gasteiger partial charge < -0.3 is 4.74 Å². The Morgan fingerprint density at radius 1 is 1.00 bits per heavy atom.